The first-order valence-corrected chi connectivity index (χ1v) is 11.6. The fourth-order valence-electron chi connectivity index (χ4n) is 3.46. The summed E-state index contributed by atoms with van der Waals surface area (Å²) in [6.45, 7) is 1.21. The summed E-state index contributed by atoms with van der Waals surface area (Å²) in [4.78, 5) is 17.6. The van der Waals surface area contributed by atoms with Gasteiger partial charge in [-0.3, -0.25) is 9.36 Å². The molecule has 0 aliphatic carbocycles. The zero-order valence-corrected chi connectivity index (χ0v) is 19.5. The summed E-state index contributed by atoms with van der Waals surface area (Å²) < 4.78 is 8.66. The Labute approximate surface area is 199 Å². The standard InChI is InChI=1S/C23H21ClN6O2S/c1-32-14-4-12-30-21(16-7-9-17(24)10-8-16)27-28-23(30)33-15-20-26-19-6-3-2-5-18(19)22(31)29(20)13-11-25/h2-3,5-10H,4,12-15H2,1H3. The number of para-hydroxylation sites is 1. The van der Waals surface area contributed by atoms with Crippen molar-refractivity contribution in [2.24, 2.45) is 0 Å². The molecule has 2 aromatic carbocycles. The lowest BCUT2D eigenvalue weighted by Gasteiger charge is -2.12. The minimum absolute atomic E-state index is 0.0664. The molecule has 168 valence electrons. The second-order valence-electron chi connectivity index (χ2n) is 7.19. The van der Waals surface area contributed by atoms with E-state index in [-0.39, 0.29) is 12.1 Å². The van der Waals surface area contributed by atoms with Gasteiger partial charge in [0.2, 0.25) is 0 Å². The van der Waals surface area contributed by atoms with E-state index >= 15 is 0 Å². The maximum absolute atomic E-state index is 12.9. The molecule has 0 spiro atoms. The highest BCUT2D eigenvalue weighted by Crippen LogP contribution is 2.27. The van der Waals surface area contributed by atoms with E-state index in [2.05, 4.69) is 21.3 Å². The van der Waals surface area contributed by atoms with Crippen LogP contribution in [0.25, 0.3) is 22.3 Å². The third-order valence-corrected chi connectivity index (χ3v) is 6.26. The van der Waals surface area contributed by atoms with Crippen LogP contribution in [0.4, 0.5) is 0 Å². The number of aromatic nitrogens is 5. The fourth-order valence-corrected chi connectivity index (χ4v) is 4.50. The van der Waals surface area contributed by atoms with Crippen molar-refractivity contribution in [3.8, 4) is 17.5 Å². The van der Waals surface area contributed by atoms with E-state index in [4.69, 9.17) is 16.3 Å². The van der Waals surface area contributed by atoms with Gasteiger partial charge in [-0.1, -0.05) is 35.5 Å². The Morgan fingerprint density at radius 2 is 1.91 bits per heavy atom. The third-order valence-electron chi connectivity index (χ3n) is 5.05. The van der Waals surface area contributed by atoms with Gasteiger partial charge in [-0.05, 0) is 42.8 Å². The Hall–Kier alpha value is -3.19. The molecule has 0 atom stereocenters. The molecule has 4 aromatic rings. The van der Waals surface area contributed by atoms with Gasteiger partial charge in [-0.25, -0.2) is 4.98 Å². The quantitative estimate of drug-likeness (QED) is 0.262. The number of nitrogens with zero attached hydrogens (tertiary/aromatic N) is 6. The van der Waals surface area contributed by atoms with Crippen LogP contribution in [-0.4, -0.2) is 38.0 Å². The molecule has 0 saturated carbocycles. The van der Waals surface area contributed by atoms with Crippen LogP contribution in [0.2, 0.25) is 5.02 Å². The van der Waals surface area contributed by atoms with Crippen LogP contribution < -0.4 is 5.56 Å². The normalized spacial score (nSPS) is 11.1. The molecule has 2 aromatic heterocycles. The zero-order chi connectivity index (χ0) is 23.2. The van der Waals surface area contributed by atoms with E-state index in [0.29, 0.717) is 45.8 Å². The van der Waals surface area contributed by atoms with Crippen molar-refractivity contribution >= 4 is 34.3 Å². The Morgan fingerprint density at radius 3 is 2.67 bits per heavy atom. The maximum atomic E-state index is 12.9. The van der Waals surface area contributed by atoms with E-state index in [0.717, 1.165) is 17.8 Å². The van der Waals surface area contributed by atoms with Gasteiger partial charge in [0, 0.05) is 30.8 Å². The van der Waals surface area contributed by atoms with Gasteiger partial charge in [0.05, 0.1) is 22.7 Å². The molecule has 0 aliphatic heterocycles. The van der Waals surface area contributed by atoms with Crippen LogP contribution >= 0.6 is 23.4 Å². The van der Waals surface area contributed by atoms with Gasteiger partial charge in [-0.2, -0.15) is 5.26 Å². The summed E-state index contributed by atoms with van der Waals surface area (Å²) in [6.07, 6.45) is 0.788. The molecule has 2 heterocycles. The smallest absolute Gasteiger partial charge is 0.262 e. The summed E-state index contributed by atoms with van der Waals surface area (Å²) in [7, 11) is 1.67. The lowest BCUT2D eigenvalue weighted by atomic mass is 10.2. The van der Waals surface area contributed by atoms with Crippen LogP contribution in [0.3, 0.4) is 0 Å². The van der Waals surface area contributed by atoms with Crippen LogP contribution in [0, 0.1) is 11.3 Å². The second kappa shape index (κ2) is 10.6. The number of methoxy groups -OCH3 is 1. The van der Waals surface area contributed by atoms with Gasteiger partial charge in [0.15, 0.2) is 11.0 Å². The first kappa shape index (κ1) is 23.0. The van der Waals surface area contributed by atoms with Gasteiger partial charge >= 0.3 is 0 Å². The molecule has 0 saturated heterocycles. The van der Waals surface area contributed by atoms with Crippen LogP contribution in [0.15, 0.2) is 58.5 Å². The summed E-state index contributed by atoms with van der Waals surface area (Å²) in [5.74, 6) is 1.61. The summed E-state index contributed by atoms with van der Waals surface area (Å²) in [5.41, 5.74) is 1.29. The van der Waals surface area contributed by atoms with E-state index in [1.807, 2.05) is 34.9 Å². The first-order valence-electron chi connectivity index (χ1n) is 10.3. The number of thioether (sulfide) groups is 1. The minimum Gasteiger partial charge on any atom is -0.385 e. The molecule has 0 amide bonds. The Balaban J connectivity index is 1.67. The van der Waals surface area contributed by atoms with E-state index < -0.39 is 0 Å². The number of ether oxygens (including phenoxy) is 1. The largest absolute Gasteiger partial charge is 0.385 e. The second-order valence-corrected chi connectivity index (χ2v) is 8.57. The highest BCUT2D eigenvalue weighted by Gasteiger charge is 2.17. The molecule has 0 bridgehead atoms. The predicted molar refractivity (Wildman–Crippen MR) is 128 cm³/mol. The molecule has 0 unspecified atom stereocenters. The van der Waals surface area contributed by atoms with Crippen molar-refractivity contribution in [2.75, 3.05) is 13.7 Å². The fraction of sp³-hybridized carbons (Fsp3) is 0.261. The monoisotopic (exact) mass is 480 g/mol. The Bertz CT molecular complexity index is 1360. The Morgan fingerprint density at radius 1 is 1.12 bits per heavy atom. The van der Waals surface area contributed by atoms with Crippen molar-refractivity contribution in [1.29, 1.82) is 5.26 Å². The molecular weight excluding hydrogens is 460 g/mol. The van der Waals surface area contributed by atoms with E-state index in [9.17, 15) is 10.1 Å². The topological polar surface area (TPSA) is 98.6 Å². The zero-order valence-electron chi connectivity index (χ0n) is 17.9. The summed E-state index contributed by atoms with van der Waals surface area (Å²) >= 11 is 7.46. The average Bonchev–Trinajstić information content (AvgIpc) is 3.23. The molecule has 33 heavy (non-hydrogen) atoms. The number of benzene rings is 2. The number of hydrogen-bond acceptors (Lipinski definition) is 7. The van der Waals surface area contributed by atoms with Crippen molar-refractivity contribution in [3.05, 3.63) is 69.7 Å². The maximum Gasteiger partial charge on any atom is 0.262 e. The van der Waals surface area contributed by atoms with Crippen molar-refractivity contribution in [1.82, 2.24) is 24.3 Å². The Kier molecular flexibility index (Phi) is 7.40. The van der Waals surface area contributed by atoms with E-state index in [1.165, 1.54) is 16.3 Å². The van der Waals surface area contributed by atoms with Crippen LogP contribution in [0.1, 0.15) is 12.2 Å². The van der Waals surface area contributed by atoms with Gasteiger partial charge in [0.1, 0.15) is 12.4 Å². The lowest BCUT2D eigenvalue weighted by molar-refractivity contribution is 0.189. The SMILES string of the molecule is COCCCn1c(SCc2nc3ccccc3c(=O)n2CC#N)nnc1-c1ccc(Cl)cc1. The average molecular weight is 481 g/mol. The minimum atomic E-state index is -0.221. The number of hydrogen-bond donors (Lipinski definition) is 0. The number of halogens is 1. The van der Waals surface area contributed by atoms with Gasteiger partial charge in [0.25, 0.3) is 5.56 Å². The van der Waals surface area contributed by atoms with E-state index in [1.54, 1.807) is 25.3 Å². The number of fused-ring (bicyclic) bond motifs is 1. The molecular formula is C23H21ClN6O2S. The predicted octanol–water partition coefficient (Wildman–Crippen LogP) is 4.16. The summed E-state index contributed by atoms with van der Waals surface area (Å²) in [5, 5.41) is 19.9. The molecule has 0 radical (unpaired) electrons. The summed E-state index contributed by atoms with van der Waals surface area (Å²) in [6, 6.07) is 16.7. The molecule has 0 aliphatic rings. The molecule has 0 N–H and O–H groups in total. The third kappa shape index (κ3) is 5.09. The number of rotatable bonds is 9. The molecule has 0 fully saturated rings. The van der Waals surface area contributed by atoms with Crippen molar-refractivity contribution in [2.45, 2.75) is 30.4 Å². The number of nitriles is 1. The first-order chi connectivity index (χ1) is 16.1. The highest BCUT2D eigenvalue weighted by molar-refractivity contribution is 7.98. The molecule has 4 rings (SSSR count). The highest BCUT2D eigenvalue weighted by atomic mass is 35.5. The van der Waals surface area contributed by atoms with Crippen LogP contribution in [-0.2, 0) is 23.6 Å². The van der Waals surface area contributed by atoms with Crippen molar-refractivity contribution in [3.63, 3.8) is 0 Å². The lowest BCUT2D eigenvalue weighted by Crippen LogP contribution is -2.24. The molecule has 8 nitrogen and oxygen atoms in total. The molecule has 10 heteroatoms. The van der Waals surface area contributed by atoms with Gasteiger partial charge < -0.3 is 9.30 Å². The van der Waals surface area contributed by atoms with Crippen molar-refractivity contribution < 1.29 is 4.74 Å². The van der Waals surface area contributed by atoms with Gasteiger partial charge in [-0.15, -0.1) is 10.2 Å². The van der Waals surface area contributed by atoms with Crippen LogP contribution in [0.5, 0.6) is 0 Å².